The first kappa shape index (κ1) is 19.6. The highest BCUT2D eigenvalue weighted by atomic mass is 16.5. The fraction of sp³-hybridized carbons (Fsp3) is 0.500. The number of hydrogen-bond acceptors (Lipinski definition) is 5. The number of anilines is 2. The molecule has 1 aliphatic heterocycles. The summed E-state index contributed by atoms with van der Waals surface area (Å²) in [5.41, 5.74) is 0.821. The fourth-order valence-electron chi connectivity index (χ4n) is 2.50. The van der Waals surface area contributed by atoms with E-state index in [1.165, 1.54) is 0 Å². The van der Waals surface area contributed by atoms with Gasteiger partial charge in [0.15, 0.2) is 0 Å². The minimum Gasteiger partial charge on any atom is -0.490 e. The minimum absolute atomic E-state index is 0.00757. The number of amides is 4. The number of rotatable bonds is 4. The van der Waals surface area contributed by atoms with Crippen LogP contribution < -0.4 is 25.6 Å². The molecule has 0 unspecified atom stereocenters. The second-order valence-corrected chi connectivity index (χ2v) is 7.00. The van der Waals surface area contributed by atoms with Gasteiger partial charge in [0.25, 0.3) is 0 Å². The summed E-state index contributed by atoms with van der Waals surface area (Å²) < 4.78 is 5.62. The van der Waals surface area contributed by atoms with Crippen molar-refractivity contribution in [1.29, 1.82) is 0 Å². The smallest absolute Gasteiger partial charge is 0.321 e. The third-order valence-corrected chi connectivity index (χ3v) is 3.75. The molecule has 4 amide bonds. The Morgan fingerprint density at radius 2 is 1.96 bits per heavy atom. The highest BCUT2D eigenvalue weighted by molar-refractivity contribution is 5.99. The molecule has 0 fully saturated rings. The number of benzene rings is 1. The van der Waals surface area contributed by atoms with Crippen LogP contribution in [-0.2, 0) is 9.59 Å². The van der Waals surface area contributed by atoms with Crippen molar-refractivity contribution in [3.05, 3.63) is 18.2 Å². The first-order valence-electron chi connectivity index (χ1n) is 8.62. The van der Waals surface area contributed by atoms with E-state index in [2.05, 4.69) is 16.0 Å². The van der Waals surface area contributed by atoms with Gasteiger partial charge in [-0.15, -0.1) is 0 Å². The molecule has 1 aromatic rings. The summed E-state index contributed by atoms with van der Waals surface area (Å²) in [4.78, 5) is 37.5. The van der Waals surface area contributed by atoms with E-state index >= 15 is 0 Å². The molecule has 26 heavy (non-hydrogen) atoms. The lowest BCUT2D eigenvalue weighted by molar-refractivity contribution is -0.126. The Morgan fingerprint density at radius 3 is 2.62 bits per heavy atom. The van der Waals surface area contributed by atoms with Crippen LogP contribution in [0.1, 0.15) is 27.7 Å². The first-order chi connectivity index (χ1) is 12.2. The average Bonchev–Trinajstić information content (AvgIpc) is 2.58. The highest BCUT2D eigenvalue weighted by Gasteiger charge is 2.31. The van der Waals surface area contributed by atoms with E-state index in [0.29, 0.717) is 36.8 Å². The molecule has 2 rings (SSSR count). The molecule has 8 nitrogen and oxygen atoms in total. The summed E-state index contributed by atoms with van der Waals surface area (Å²) in [5.74, 6) is 0.187. The zero-order valence-electron chi connectivity index (χ0n) is 15.6. The molecule has 1 aliphatic rings. The van der Waals surface area contributed by atoms with E-state index in [4.69, 9.17) is 4.74 Å². The van der Waals surface area contributed by atoms with E-state index in [1.54, 1.807) is 30.0 Å². The van der Waals surface area contributed by atoms with Crippen LogP contribution in [0.25, 0.3) is 0 Å². The number of imide groups is 1. The molecule has 0 aromatic heterocycles. The van der Waals surface area contributed by atoms with E-state index in [9.17, 15) is 14.4 Å². The predicted molar refractivity (Wildman–Crippen MR) is 99.5 cm³/mol. The molecule has 142 valence electrons. The lowest BCUT2D eigenvalue weighted by Gasteiger charge is -2.34. The summed E-state index contributed by atoms with van der Waals surface area (Å²) in [6, 6.07) is 4.78. The van der Waals surface area contributed by atoms with Crippen molar-refractivity contribution in [3.8, 4) is 5.75 Å². The highest BCUT2D eigenvalue weighted by Crippen LogP contribution is 2.36. The Labute approximate surface area is 153 Å². The standard InChI is InChI=1S/C18H26N4O4/c1-5-19-17(25)21-15(23)11-20-12-6-7-14-13(10-12)22(8-9-26-14)16(24)18(2,3)4/h6-7,10,20H,5,8-9,11H2,1-4H3,(H2,19,21,23,25). The van der Waals surface area contributed by atoms with Crippen molar-refractivity contribution >= 4 is 29.2 Å². The lowest BCUT2D eigenvalue weighted by atomic mass is 9.94. The molecule has 3 N–H and O–H groups in total. The van der Waals surface area contributed by atoms with Gasteiger partial charge in [-0.25, -0.2) is 4.79 Å². The van der Waals surface area contributed by atoms with Gasteiger partial charge < -0.3 is 20.3 Å². The Bertz CT molecular complexity index is 697. The van der Waals surface area contributed by atoms with Crippen LogP contribution in [-0.4, -0.2) is 44.1 Å². The fourth-order valence-corrected chi connectivity index (χ4v) is 2.50. The van der Waals surface area contributed by atoms with E-state index in [1.807, 2.05) is 20.8 Å². The van der Waals surface area contributed by atoms with Crippen LogP contribution >= 0.6 is 0 Å². The quantitative estimate of drug-likeness (QED) is 0.757. The Balaban J connectivity index is 2.08. The lowest BCUT2D eigenvalue weighted by Crippen LogP contribution is -2.44. The number of urea groups is 1. The summed E-state index contributed by atoms with van der Waals surface area (Å²) in [5, 5.41) is 7.66. The van der Waals surface area contributed by atoms with Gasteiger partial charge >= 0.3 is 6.03 Å². The number of ether oxygens (including phenoxy) is 1. The van der Waals surface area contributed by atoms with Crippen LogP contribution in [0.5, 0.6) is 5.75 Å². The van der Waals surface area contributed by atoms with Crippen LogP contribution in [0.3, 0.4) is 0 Å². The van der Waals surface area contributed by atoms with E-state index in [-0.39, 0.29) is 12.5 Å². The van der Waals surface area contributed by atoms with E-state index < -0.39 is 17.4 Å². The zero-order chi connectivity index (χ0) is 19.3. The first-order valence-corrected chi connectivity index (χ1v) is 8.62. The number of hydrogen-bond donors (Lipinski definition) is 3. The molecule has 1 aromatic carbocycles. The number of fused-ring (bicyclic) bond motifs is 1. The summed E-state index contributed by atoms with van der Waals surface area (Å²) >= 11 is 0. The second-order valence-electron chi connectivity index (χ2n) is 7.00. The average molecular weight is 362 g/mol. The molecule has 0 aliphatic carbocycles. The van der Waals surface area contributed by atoms with Crippen molar-refractivity contribution < 1.29 is 19.1 Å². The van der Waals surface area contributed by atoms with Gasteiger partial charge in [-0.2, -0.15) is 0 Å². The topological polar surface area (TPSA) is 99.8 Å². The van der Waals surface area contributed by atoms with Gasteiger partial charge in [-0.3, -0.25) is 14.9 Å². The summed E-state index contributed by atoms with van der Waals surface area (Å²) in [6.07, 6.45) is 0. The second kappa shape index (κ2) is 8.07. The van der Waals surface area contributed by atoms with Gasteiger partial charge in [-0.1, -0.05) is 20.8 Å². The van der Waals surface area contributed by atoms with Gasteiger partial charge in [0.05, 0.1) is 18.8 Å². The normalized spacial score (nSPS) is 13.3. The molecular formula is C18H26N4O4. The molecule has 0 atom stereocenters. The van der Waals surface area contributed by atoms with Crippen LogP contribution in [0.4, 0.5) is 16.2 Å². The molecule has 0 saturated carbocycles. The zero-order valence-corrected chi connectivity index (χ0v) is 15.6. The molecule has 0 saturated heterocycles. The SMILES string of the molecule is CCNC(=O)NC(=O)CNc1ccc2c(c1)N(C(=O)C(C)(C)C)CCO2. The monoisotopic (exact) mass is 362 g/mol. The summed E-state index contributed by atoms with van der Waals surface area (Å²) in [7, 11) is 0. The van der Waals surface area contributed by atoms with Crippen molar-refractivity contribution in [2.24, 2.45) is 5.41 Å². The van der Waals surface area contributed by atoms with Crippen LogP contribution in [0, 0.1) is 5.41 Å². The Kier molecular flexibility index (Phi) is 6.07. The molecule has 1 heterocycles. The maximum Gasteiger partial charge on any atom is 0.321 e. The van der Waals surface area contributed by atoms with Crippen molar-refractivity contribution in [2.75, 3.05) is 36.5 Å². The molecule has 0 radical (unpaired) electrons. The Hall–Kier alpha value is -2.77. The number of nitrogens with zero attached hydrogens (tertiary/aromatic N) is 1. The van der Waals surface area contributed by atoms with Gasteiger partial charge in [-0.05, 0) is 25.1 Å². The van der Waals surface area contributed by atoms with Crippen molar-refractivity contribution in [3.63, 3.8) is 0 Å². The maximum atomic E-state index is 12.7. The van der Waals surface area contributed by atoms with Gasteiger partial charge in [0.1, 0.15) is 12.4 Å². The van der Waals surface area contributed by atoms with Crippen molar-refractivity contribution in [2.45, 2.75) is 27.7 Å². The predicted octanol–water partition coefficient (Wildman–Crippen LogP) is 1.72. The third-order valence-electron chi connectivity index (χ3n) is 3.75. The van der Waals surface area contributed by atoms with Gasteiger partial charge in [0.2, 0.25) is 11.8 Å². The van der Waals surface area contributed by atoms with Crippen molar-refractivity contribution in [1.82, 2.24) is 10.6 Å². The Morgan fingerprint density at radius 1 is 1.23 bits per heavy atom. The van der Waals surface area contributed by atoms with Crippen LogP contribution in [0.2, 0.25) is 0 Å². The molecule has 8 heteroatoms. The van der Waals surface area contributed by atoms with E-state index in [0.717, 1.165) is 0 Å². The molecular weight excluding hydrogens is 336 g/mol. The number of nitrogens with one attached hydrogen (secondary N) is 3. The number of carbonyl (C=O) groups is 3. The molecule has 0 bridgehead atoms. The van der Waals surface area contributed by atoms with Crippen LogP contribution in [0.15, 0.2) is 18.2 Å². The minimum atomic E-state index is -0.528. The summed E-state index contributed by atoms with van der Waals surface area (Å²) in [6.45, 7) is 8.68. The van der Waals surface area contributed by atoms with Gasteiger partial charge in [0, 0.05) is 17.6 Å². The number of carbonyl (C=O) groups excluding carboxylic acids is 3. The maximum absolute atomic E-state index is 12.7. The third kappa shape index (κ3) is 4.87. The largest absolute Gasteiger partial charge is 0.490 e. The molecule has 0 spiro atoms.